The van der Waals surface area contributed by atoms with Crippen molar-refractivity contribution >= 4 is 11.6 Å². The monoisotopic (exact) mass is 373 g/mol. The highest BCUT2D eigenvalue weighted by atomic mass is 19.3. The summed E-state index contributed by atoms with van der Waals surface area (Å²) in [6, 6.07) is 1.64. The largest absolute Gasteiger partial charge is 0.338 e. The number of halogens is 2. The first kappa shape index (κ1) is 20.7. The topological polar surface area (TPSA) is 54.4 Å². The molecule has 144 valence electrons. The first-order valence-corrected chi connectivity index (χ1v) is 8.98. The van der Waals surface area contributed by atoms with E-state index in [1.807, 2.05) is 26.0 Å². The lowest BCUT2D eigenvalue weighted by atomic mass is 10.1. The minimum absolute atomic E-state index is 0.162. The molecule has 0 radical (unpaired) electrons. The first-order chi connectivity index (χ1) is 12.9. The molecule has 2 rings (SSSR count). The Kier molecular flexibility index (Phi) is 7.58. The Morgan fingerprint density at radius 3 is 2.63 bits per heavy atom. The fourth-order valence-corrected chi connectivity index (χ4v) is 2.54. The van der Waals surface area contributed by atoms with Crippen LogP contribution in [-0.4, -0.2) is 23.0 Å². The van der Waals surface area contributed by atoms with Crippen LogP contribution >= 0.6 is 0 Å². The molecule has 1 unspecified atom stereocenters. The maximum Gasteiger partial charge on any atom is 0.270 e. The number of rotatable bonds is 8. The van der Waals surface area contributed by atoms with Crippen LogP contribution in [0, 0.1) is 5.92 Å². The van der Waals surface area contributed by atoms with Gasteiger partial charge in [-0.1, -0.05) is 30.4 Å². The second kappa shape index (κ2) is 9.90. The van der Waals surface area contributed by atoms with Crippen molar-refractivity contribution in [1.82, 2.24) is 10.3 Å². The smallest absolute Gasteiger partial charge is 0.270 e. The number of alkyl halides is 2. The number of nitrogens with zero attached hydrogens (tertiary/aromatic N) is 2. The van der Waals surface area contributed by atoms with Crippen LogP contribution in [0.2, 0.25) is 0 Å². The Bertz CT molecular complexity index is 763. The molecule has 1 saturated carbocycles. The Labute approximate surface area is 158 Å². The molecule has 1 aliphatic rings. The zero-order valence-electron chi connectivity index (χ0n) is 15.8. The lowest BCUT2D eigenvalue weighted by Gasteiger charge is -2.19. The lowest BCUT2D eigenvalue weighted by molar-refractivity contribution is -0.119. The van der Waals surface area contributed by atoms with Gasteiger partial charge in [0.25, 0.3) is 12.3 Å². The molecule has 1 aromatic rings. The first-order valence-electron chi connectivity index (χ1n) is 8.98. The minimum Gasteiger partial charge on any atom is -0.338 e. The van der Waals surface area contributed by atoms with Gasteiger partial charge in [-0.25, -0.2) is 8.78 Å². The molecule has 0 aromatic carbocycles. The summed E-state index contributed by atoms with van der Waals surface area (Å²) in [6.45, 7) is 5.51. The molecule has 1 aromatic heterocycles. The van der Waals surface area contributed by atoms with Crippen molar-refractivity contribution < 1.29 is 13.6 Å². The molecular weight excluding hydrogens is 348 g/mol. The van der Waals surface area contributed by atoms with E-state index in [4.69, 9.17) is 0 Å². The van der Waals surface area contributed by atoms with Gasteiger partial charge in [-0.05, 0) is 56.7 Å². The Hall–Kier alpha value is -2.63. The maximum atomic E-state index is 13.5. The molecule has 0 aliphatic heterocycles. The number of amides is 1. The van der Waals surface area contributed by atoms with Gasteiger partial charge in [-0.2, -0.15) is 0 Å². The van der Waals surface area contributed by atoms with Crippen molar-refractivity contribution in [3.63, 3.8) is 0 Å². The Morgan fingerprint density at radius 2 is 2.07 bits per heavy atom. The number of pyridine rings is 1. The van der Waals surface area contributed by atoms with E-state index in [0.717, 1.165) is 18.6 Å². The van der Waals surface area contributed by atoms with Crippen LogP contribution < -0.4 is 5.32 Å². The van der Waals surface area contributed by atoms with Gasteiger partial charge in [-0.3, -0.25) is 14.8 Å². The molecule has 0 spiro atoms. The SMILES string of the molecule is C\C=C/C=C\C(C)=C(\N=C(C)C1CC1)C(=O)NC(c1cccnc1)C(F)F. The van der Waals surface area contributed by atoms with Crippen molar-refractivity contribution in [3.8, 4) is 0 Å². The molecule has 1 heterocycles. The molecule has 1 fully saturated rings. The molecule has 1 atom stereocenters. The molecule has 27 heavy (non-hydrogen) atoms. The number of carbonyl (C=O) groups is 1. The summed E-state index contributed by atoms with van der Waals surface area (Å²) in [4.78, 5) is 21.1. The summed E-state index contributed by atoms with van der Waals surface area (Å²) in [5.74, 6) is -0.240. The number of allylic oxidation sites excluding steroid dienone is 5. The van der Waals surface area contributed by atoms with Gasteiger partial charge in [0, 0.05) is 18.1 Å². The van der Waals surface area contributed by atoms with E-state index in [2.05, 4.69) is 15.3 Å². The molecule has 0 bridgehead atoms. The van der Waals surface area contributed by atoms with Crippen LogP contribution in [0.4, 0.5) is 8.78 Å². The summed E-state index contributed by atoms with van der Waals surface area (Å²) >= 11 is 0. The van der Waals surface area contributed by atoms with E-state index in [1.165, 1.54) is 18.5 Å². The van der Waals surface area contributed by atoms with Crippen molar-refractivity contribution in [2.24, 2.45) is 10.9 Å². The second-order valence-electron chi connectivity index (χ2n) is 6.52. The van der Waals surface area contributed by atoms with Crippen LogP contribution in [0.1, 0.15) is 45.2 Å². The third-order valence-corrected chi connectivity index (χ3v) is 4.28. The van der Waals surface area contributed by atoms with Crippen molar-refractivity contribution in [1.29, 1.82) is 0 Å². The molecule has 1 amide bonds. The quantitative estimate of drug-likeness (QED) is 0.405. The van der Waals surface area contributed by atoms with Gasteiger partial charge >= 0.3 is 0 Å². The van der Waals surface area contributed by atoms with E-state index < -0.39 is 18.4 Å². The van der Waals surface area contributed by atoms with Crippen LogP contribution in [0.25, 0.3) is 0 Å². The number of nitrogens with one attached hydrogen (secondary N) is 1. The van der Waals surface area contributed by atoms with Crippen LogP contribution in [-0.2, 0) is 4.79 Å². The van der Waals surface area contributed by atoms with Crippen molar-refractivity contribution in [2.45, 2.75) is 46.1 Å². The van der Waals surface area contributed by atoms with Gasteiger partial charge < -0.3 is 5.32 Å². The van der Waals surface area contributed by atoms with E-state index in [-0.39, 0.29) is 11.3 Å². The molecule has 4 nitrogen and oxygen atoms in total. The highest BCUT2D eigenvalue weighted by molar-refractivity contribution is 5.99. The Balaban J connectivity index is 2.31. The predicted molar refractivity (Wildman–Crippen MR) is 104 cm³/mol. The Morgan fingerprint density at radius 1 is 1.33 bits per heavy atom. The van der Waals surface area contributed by atoms with Crippen LogP contribution in [0.3, 0.4) is 0 Å². The van der Waals surface area contributed by atoms with Gasteiger partial charge in [0.1, 0.15) is 11.7 Å². The summed E-state index contributed by atoms with van der Waals surface area (Å²) < 4.78 is 27.1. The zero-order valence-corrected chi connectivity index (χ0v) is 15.8. The molecule has 1 N–H and O–H groups in total. The van der Waals surface area contributed by atoms with Crippen molar-refractivity contribution in [2.75, 3.05) is 0 Å². The number of aromatic nitrogens is 1. The summed E-state index contributed by atoms with van der Waals surface area (Å²) in [6.07, 6.45) is 9.39. The van der Waals surface area contributed by atoms with Gasteiger partial charge in [0.05, 0.1) is 0 Å². The van der Waals surface area contributed by atoms with E-state index in [9.17, 15) is 13.6 Å². The molecule has 1 aliphatic carbocycles. The molecule has 6 heteroatoms. The maximum absolute atomic E-state index is 13.5. The number of hydrogen-bond acceptors (Lipinski definition) is 3. The van der Waals surface area contributed by atoms with E-state index in [0.29, 0.717) is 11.5 Å². The third-order valence-electron chi connectivity index (χ3n) is 4.28. The van der Waals surface area contributed by atoms with Crippen LogP contribution in [0.15, 0.2) is 65.1 Å². The standard InChI is InChI=1S/C21H25F2N3O/c1-4-5-6-8-14(2)18(25-15(3)16-10-11-16)21(27)26-19(20(22)23)17-9-7-12-24-13-17/h4-9,12-13,16,19-20H,10-11H2,1-3H3,(H,26,27)/b5-4-,8-6-,18-14+,25-15?. The summed E-state index contributed by atoms with van der Waals surface area (Å²) in [5, 5.41) is 2.42. The number of aliphatic imine (C=N–C) groups is 1. The van der Waals surface area contributed by atoms with E-state index in [1.54, 1.807) is 25.1 Å². The normalized spacial score (nSPS) is 17.5. The highest BCUT2D eigenvalue weighted by Gasteiger charge is 2.28. The van der Waals surface area contributed by atoms with Crippen molar-refractivity contribution in [3.05, 3.63) is 65.7 Å². The molecular formula is C21H25F2N3O. The summed E-state index contributed by atoms with van der Waals surface area (Å²) in [5.41, 5.74) is 1.89. The highest BCUT2D eigenvalue weighted by Crippen LogP contribution is 2.31. The fourth-order valence-electron chi connectivity index (χ4n) is 2.54. The average Bonchev–Trinajstić information content (AvgIpc) is 3.49. The zero-order chi connectivity index (χ0) is 19.8. The lowest BCUT2D eigenvalue weighted by Crippen LogP contribution is -2.34. The van der Waals surface area contributed by atoms with Gasteiger partial charge in [0.2, 0.25) is 0 Å². The molecule has 0 saturated heterocycles. The minimum atomic E-state index is -2.76. The van der Waals surface area contributed by atoms with Gasteiger partial charge in [0.15, 0.2) is 0 Å². The van der Waals surface area contributed by atoms with Crippen LogP contribution in [0.5, 0.6) is 0 Å². The number of hydrogen-bond donors (Lipinski definition) is 1. The summed E-state index contributed by atoms with van der Waals surface area (Å²) in [7, 11) is 0. The predicted octanol–water partition coefficient (Wildman–Crippen LogP) is 4.78. The number of carbonyl (C=O) groups excluding carboxylic acids is 1. The van der Waals surface area contributed by atoms with E-state index >= 15 is 0 Å². The second-order valence-corrected chi connectivity index (χ2v) is 6.52. The third kappa shape index (κ3) is 6.24. The fraction of sp³-hybridized carbons (Fsp3) is 0.381. The van der Waals surface area contributed by atoms with Gasteiger partial charge in [-0.15, -0.1) is 0 Å². The average molecular weight is 373 g/mol.